The van der Waals surface area contributed by atoms with Crippen LogP contribution >= 0.6 is 11.3 Å². The molecule has 1 aromatic heterocycles. The minimum Gasteiger partial charge on any atom is -0.473 e. The van der Waals surface area contributed by atoms with E-state index in [1.807, 2.05) is 0 Å². The number of methoxy groups -OCH3 is 1. The number of halogens is 1. The lowest BCUT2D eigenvalue weighted by Gasteiger charge is -1.84. The summed E-state index contributed by atoms with van der Waals surface area (Å²) < 4.78 is 16.5. The summed E-state index contributed by atoms with van der Waals surface area (Å²) in [6.07, 6.45) is 0. The summed E-state index contributed by atoms with van der Waals surface area (Å²) in [6.45, 7) is 0. The molecule has 44 valence electrons. The molecule has 0 aliphatic carbocycles. The van der Waals surface area contributed by atoms with Crippen LogP contribution in [0, 0.1) is 5.95 Å². The highest BCUT2D eigenvalue weighted by Gasteiger charge is 1.96. The summed E-state index contributed by atoms with van der Waals surface area (Å²) in [7, 11) is 1.46. The Kier molecular flexibility index (Phi) is 1.43. The predicted octanol–water partition coefficient (Wildman–Crippen LogP) is 1.29. The summed E-state index contributed by atoms with van der Waals surface area (Å²) in [5.74, 6) is -0.480. The van der Waals surface area contributed by atoms with E-state index < -0.39 is 5.95 Å². The van der Waals surface area contributed by atoms with E-state index in [9.17, 15) is 4.39 Å². The first-order chi connectivity index (χ1) is 3.83. The van der Waals surface area contributed by atoms with Crippen LogP contribution in [0.25, 0.3) is 0 Å². The molecule has 1 aromatic rings. The zero-order chi connectivity index (χ0) is 5.98. The molecule has 1 rings (SSSR count). The van der Waals surface area contributed by atoms with Gasteiger partial charge in [0.25, 0.3) is 5.19 Å². The molecule has 0 aromatic carbocycles. The highest BCUT2D eigenvalue weighted by molar-refractivity contribution is 7.11. The fourth-order valence-corrected chi connectivity index (χ4v) is 0.820. The molecular weight excluding hydrogens is 129 g/mol. The summed E-state index contributed by atoms with van der Waals surface area (Å²) in [5.41, 5.74) is 0. The monoisotopic (exact) mass is 133 g/mol. The van der Waals surface area contributed by atoms with Crippen LogP contribution in [0.3, 0.4) is 0 Å². The smallest absolute Gasteiger partial charge is 0.275 e. The lowest BCUT2D eigenvalue weighted by Crippen LogP contribution is -1.79. The Bertz CT molecular complexity index is 176. The lowest BCUT2D eigenvalue weighted by atomic mass is 11.0. The molecule has 0 bridgehead atoms. The van der Waals surface area contributed by atoms with E-state index in [4.69, 9.17) is 0 Å². The van der Waals surface area contributed by atoms with Crippen molar-refractivity contribution in [3.63, 3.8) is 0 Å². The molecule has 0 unspecified atom stereocenters. The van der Waals surface area contributed by atoms with Gasteiger partial charge in [-0.05, 0) is 0 Å². The largest absolute Gasteiger partial charge is 0.473 e. The molecule has 0 radical (unpaired) electrons. The number of hydrogen-bond donors (Lipinski definition) is 0. The maximum Gasteiger partial charge on any atom is 0.275 e. The summed E-state index contributed by atoms with van der Waals surface area (Å²) in [5, 5.41) is 1.65. The highest BCUT2D eigenvalue weighted by Crippen LogP contribution is 2.15. The number of hydrogen-bond acceptors (Lipinski definition) is 3. The van der Waals surface area contributed by atoms with Crippen molar-refractivity contribution >= 4 is 11.3 Å². The first kappa shape index (κ1) is 5.50. The number of aromatic nitrogens is 1. The summed E-state index contributed by atoms with van der Waals surface area (Å²) in [4.78, 5) is 3.36. The van der Waals surface area contributed by atoms with Gasteiger partial charge in [-0.1, -0.05) is 11.3 Å². The van der Waals surface area contributed by atoms with Gasteiger partial charge in [-0.3, -0.25) is 0 Å². The standard InChI is InChI=1S/C4H4FNOS/c1-7-4-6-3(5)2-8-4/h2H,1H3. The second-order valence-electron chi connectivity index (χ2n) is 1.14. The summed E-state index contributed by atoms with van der Waals surface area (Å²) >= 11 is 1.14. The fraction of sp³-hybridized carbons (Fsp3) is 0.250. The molecule has 0 N–H and O–H groups in total. The van der Waals surface area contributed by atoms with E-state index in [1.54, 1.807) is 0 Å². The van der Waals surface area contributed by atoms with Crippen molar-refractivity contribution in [1.29, 1.82) is 0 Å². The zero-order valence-electron chi connectivity index (χ0n) is 4.22. The number of thiazole rings is 1. The molecule has 8 heavy (non-hydrogen) atoms. The van der Waals surface area contributed by atoms with Crippen LogP contribution in [0.4, 0.5) is 4.39 Å². The molecule has 2 nitrogen and oxygen atoms in total. The first-order valence-electron chi connectivity index (χ1n) is 1.98. The van der Waals surface area contributed by atoms with Crippen molar-refractivity contribution < 1.29 is 9.13 Å². The Hall–Kier alpha value is -0.640. The topological polar surface area (TPSA) is 22.1 Å². The number of ether oxygens (including phenoxy) is 1. The highest BCUT2D eigenvalue weighted by atomic mass is 32.1. The van der Waals surface area contributed by atoms with Gasteiger partial charge in [0, 0.05) is 0 Å². The van der Waals surface area contributed by atoms with Crippen molar-refractivity contribution in [3.8, 4) is 5.19 Å². The third-order valence-electron chi connectivity index (χ3n) is 0.630. The van der Waals surface area contributed by atoms with Crippen molar-refractivity contribution in [2.24, 2.45) is 0 Å². The van der Waals surface area contributed by atoms with Gasteiger partial charge in [-0.2, -0.15) is 9.37 Å². The van der Waals surface area contributed by atoms with Crippen LogP contribution in [0.15, 0.2) is 5.38 Å². The maximum absolute atomic E-state index is 11.9. The molecular formula is C4H4FNOS. The second-order valence-corrected chi connectivity index (χ2v) is 1.96. The van der Waals surface area contributed by atoms with Crippen molar-refractivity contribution in [1.82, 2.24) is 4.98 Å². The van der Waals surface area contributed by atoms with Crippen LogP contribution in [0.2, 0.25) is 0 Å². The van der Waals surface area contributed by atoms with Crippen LogP contribution in [-0.2, 0) is 0 Å². The Balaban J connectivity index is 2.84. The first-order valence-corrected chi connectivity index (χ1v) is 2.86. The van der Waals surface area contributed by atoms with Gasteiger partial charge in [0.15, 0.2) is 0 Å². The zero-order valence-corrected chi connectivity index (χ0v) is 5.04. The van der Waals surface area contributed by atoms with Gasteiger partial charge in [0.05, 0.1) is 12.5 Å². The van der Waals surface area contributed by atoms with Gasteiger partial charge < -0.3 is 4.74 Å². The molecule has 0 fully saturated rings. The van der Waals surface area contributed by atoms with Crippen LogP contribution in [0.5, 0.6) is 5.19 Å². The fourth-order valence-electron chi connectivity index (χ4n) is 0.333. The van der Waals surface area contributed by atoms with Gasteiger partial charge in [-0.15, -0.1) is 0 Å². The quantitative estimate of drug-likeness (QED) is 0.576. The Morgan fingerprint density at radius 2 is 2.62 bits per heavy atom. The van der Waals surface area contributed by atoms with Crippen molar-refractivity contribution in [2.75, 3.05) is 7.11 Å². The van der Waals surface area contributed by atoms with Gasteiger partial charge in [0.2, 0.25) is 5.95 Å². The van der Waals surface area contributed by atoms with E-state index in [-0.39, 0.29) is 0 Å². The second kappa shape index (κ2) is 2.09. The molecule has 0 saturated heterocycles. The molecule has 0 atom stereocenters. The van der Waals surface area contributed by atoms with Crippen LogP contribution in [0.1, 0.15) is 0 Å². The number of nitrogens with zero attached hydrogens (tertiary/aromatic N) is 1. The van der Waals surface area contributed by atoms with Gasteiger partial charge >= 0.3 is 0 Å². The SMILES string of the molecule is COc1nc(F)cs1. The van der Waals surface area contributed by atoms with Gasteiger partial charge in [0.1, 0.15) is 0 Å². The molecule has 0 saturated carbocycles. The van der Waals surface area contributed by atoms with Crippen molar-refractivity contribution in [3.05, 3.63) is 11.3 Å². The molecule has 1 heterocycles. The van der Waals surface area contributed by atoms with E-state index in [2.05, 4.69) is 9.72 Å². The normalized spacial score (nSPS) is 9.25. The van der Waals surface area contributed by atoms with Crippen LogP contribution < -0.4 is 4.74 Å². The minimum absolute atomic E-state index is 0.363. The summed E-state index contributed by atoms with van der Waals surface area (Å²) in [6, 6.07) is 0. The van der Waals surface area contributed by atoms with E-state index in [1.165, 1.54) is 12.5 Å². The van der Waals surface area contributed by atoms with Crippen LogP contribution in [-0.4, -0.2) is 12.1 Å². The average molecular weight is 133 g/mol. The minimum atomic E-state index is -0.480. The van der Waals surface area contributed by atoms with E-state index in [0.29, 0.717) is 5.19 Å². The van der Waals surface area contributed by atoms with Crippen molar-refractivity contribution in [2.45, 2.75) is 0 Å². The van der Waals surface area contributed by atoms with E-state index >= 15 is 0 Å². The number of rotatable bonds is 1. The lowest BCUT2D eigenvalue weighted by molar-refractivity contribution is 0.404. The molecule has 4 heteroatoms. The molecule has 0 spiro atoms. The third-order valence-corrected chi connectivity index (χ3v) is 1.40. The van der Waals surface area contributed by atoms with E-state index in [0.717, 1.165) is 11.3 Å². The maximum atomic E-state index is 11.9. The molecule has 0 amide bonds. The average Bonchev–Trinajstić information content (AvgIpc) is 2.14. The Morgan fingerprint density at radius 3 is 2.88 bits per heavy atom. The third kappa shape index (κ3) is 0.949. The Morgan fingerprint density at radius 1 is 1.88 bits per heavy atom. The molecule has 0 aliphatic heterocycles. The van der Waals surface area contributed by atoms with Gasteiger partial charge in [-0.25, -0.2) is 0 Å². The predicted molar refractivity (Wildman–Crippen MR) is 28.6 cm³/mol. The molecule has 0 aliphatic rings. The Labute approximate surface area is 49.9 Å².